The Morgan fingerprint density at radius 3 is 2.17 bits per heavy atom. The van der Waals surface area contributed by atoms with Gasteiger partial charge in [-0.05, 0) is 55.3 Å². The summed E-state index contributed by atoms with van der Waals surface area (Å²) in [7, 11) is -0.884. The fraction of sp³-hybridized carbons (Fsp3) is 0.182. The van der Waals surface area contributed by atoms with Crippen molar-refractivity contribution in [2.75, 3.05) is 18.9 Å². The van der Waals surface area contributed by atoms with E-state index in [1.54, 1.807) is 25.3 Å². The highest BCUT2D eigenvalue weighted by Crippen LogP contribution is 2.36. The molecule has 154 valence electrons. The quantitative estimate of drug-likeness (QED) is 0.642. The highest BCUT2D eigenvalue weighted by atomic mass is 32.2. The molecule has 7 nitrogen and oxygen atoms in total. The molecule has 0 radical (unpaired) electrons. The van der Waals surface area contributed by atoms with Gasteiger partial charge in [0.15, 0.2) is 0 Å². The van der Waals surface area contributed by atoms with Crippen LogP contribution in [0, 0.1) is 25.2 Å². The zero-order valence-electron chi connectivity index (χ0n) is 17.1. The van der Waals surface area contributed by atoms with Gasteiger partial charge in [-0.25, -0.2) is 13.4 Å². The van der Waals surface area contributed by atoms with Crippen LogP contribution in [0.25, 0.3) is 11.3 Å². The largest absolute Gasteiger partial charge is 0.496 e. The number of rotatable bonds is 6. The predicted octanol–water partition coefficient (Wildman–Crippen LogP) is 4.06. The molecule has 30 heavy (non-hydrogen) atoms. The smallest absolute Gasteiger partial charge is 0.261 e. The number of benzene rings is 2. The first-order chi connectivity index (χ1) is 14.3. The van der Waals surface area contributed by atoms with Gasteiger partial charge in [0.05, 0.1) is 30.5 Å². The van der Waals surface area contributed by atoms with Gasteiger partial charge in [0.2, 0.25) is 5.88 Å². The highest BCUT2D eigenvalue weighted by Gasteiger charge is 2.21. The molecule has 2 aromatic carbocycles. The average molecular weight is 423 g/mol. The Hall–Kier alpha value is -3.57. The second-order valence-electron chi connectivity index (χ2n) is 6.62. The van der Waals surface area contributed by atoms with E-state index in [1.807, 2.05) is 32.0 Å². The van der Waals surface area contributed by atoms with Gasteiger partial charge in [-0.2, -0.15) is 5.26 Å². The topological polar surface area (TPSA) is 101 Å². The average Bonchev–Trinajstić information content (AvgIpc) is 2.73. The van der Waals surface area contributed by atoms with Crippen LogP contribution in [0.5, 0.6) is 11.6 Å². The lowest BCUT2D eigenvalue weighted by atomic mass is 10.0. The number of methoxy groups -OCH3 is 2. The number of aromatic nitrogens is 1. The van der Waals surface area contributed by atoms with Gasteiger partial charge in [-0.3, -0.25) is 4.72 Å². The van der Waals surface area contributed by atoms with Crippen LogP contribution >= 0.6 is 0 Å². The van der Waals surface area contributed by atoms with Crippen molar-refractivity contribution in [3.05, 3.63) is 65.2 Å². The molecule has 0 aliphatic carbocycles. The minimum Gasteiger partial charge on any atom is -0.496 e. The van der Waals surface area contributed by atoms with Crippen LogP contribution in [0.15, 0.2) is 53.4 Å². The minimum atomic E-state index is -3.89. The van der Waals surface area contributed by atoms with Gasteiger partial charge in [0.1, 0.15) is 17.4 Å². The van der Waals surface area contributed by atoms with Crippen LogP contribution in [0.2, 0.25) is 0 Å². The van der Waals surface area contributed by atoms with Crippen molar-refractivity contribution in [2.45, 2.75) is 18.7 Å². The van der Waals surface area contributed by atoms with Crippen molar-refractivity contribution >= 4 is 15.7 Å². The molecule has 3 rings (SSSR count). The predicted molar refractivity (Wildman–Crippen MR) is 114 cm³/mol. The summed E-state index contributed by atoms with van der Waals surface area (Å²) in [5.41, 5.74) is 3.05. The molecule has 0 unspecified atom stereocenters. The van der Waals surface area contributed by atoms with E-state index in [9.17, 15) is 13.7 Å². The molecule has 0 saturated carbocycles. The Morgan fingerprint density at radius 1 is 1.00 bits per heavy atom. The second kappa shape index (κ2) is 8.43. The third kappa shape index (κ3) is 4.07. The fourth-order valence-corrected chi connectivity index (χ4v) is 4.32. The third-order valence-electron chi connectivity index (χ3n) is 4.54. The number of hydrogen-bond acceptors (Lipinski definition) is 6. The van der Waals surface area contributed by atoms with Gasteiger partial charge in [0.25, 0.3) is 10.0 Å². The summed E-state index contributed by atoms with van der Waals surface area (Å²) >= 11 is 0. The normalized spacial score (nSPS) is 10.9. The molecule has 0 spiro atoms. The van der Waals surface area contributed by atoms with Crippen molar-refractivity contribution in [3.8, 4) is 29.0 Å². The van der Waals surface area contributed by atoms with E-state index in [1.165, 1.54) is 25.3 Å². The van der Waals surface area contributed by atoms with Crippen LogP contribution in [-0.4, -0.2) is 27.6 Å². The summed E-state index contributed by atoms with van der Waals surface area (Å²) < 4.78 is 39.0. The number of nitrogens with zero attached hydrogens (tertiary/aromatic N) is 2. The third-order valence-corrected chi connectivity index (χ3v) is 5.92. The standard InChI is InChI=1S/C22H21N3O4S/c1-14-10-16(11-15(2)21(14)28-3)20-19(12-17(13-23)22(24-20)29-4)25-30(26,27)18-8-6-5-7-9-18/h5-12,25H,1-4H3. The summed E-state index contributed by atoms with van der Waals surface area (Å²) in [5.74, 6) is 0.854. The first-order valence-electron chi connectivity index (χ1n) is 9.03. The molecular formula is C22H21N3O4S. The molecule has 8 heteroatoms. The van der Waals surface area contributed by atoms with Gasteiger partial charge < -0.3 is 9.47 Å². The Morgan fingerprint density at radius 2 is 1.63 bits per heavy atom. The molecule has 0 aliphatic rings. The molecule has 1 N–H and O–H groups in total. The molecule has 3 aromatic rings. The summed E-state index contributed by atoms with van der Waals surface area (Å²) in [6.07, 6.45) is 0. The van der Waals surface area contributed by atoms with Gasteiger partial charge >= 0.3 is 0 Å². The maximum absolute atomic E-state index is 12.9. The summed E-state index contributed by atoms with van der Waals surface area (Å²) in [4.78, 5) is 4.54. The number of pyridine rings is 1. The molecule has 1 aromatic heterocycles. The molecule has 0 bridgehead atoms. The number of nitriles is 1. The minimum absolute atomic E-state index is 0.104. The van der Waals surface area contributed by atoms with E-state index in [0.29, 0.717) is 11.3 Å². The zero-order valence-corrected chi connectivity index (χ0v) is 17.9. The second-order valence-corrected chi connectivity index (χ2v) is 8.30. The van der Waals surface area contributed by atoms with E-state index in [4.69, 9.17) is 9.47 Å². The van der Waals surface area contributed by atoms with E-state index in [2.05, 4.69) is 9.71 Å². The maximum Gasteiger partial charge on any atom is 0.261 e. The van der Waals surface area contributed by atoms with E-state index in [0.717, 1.165) is 16.9 Å². The fourth-order valence-electron chi connectivity index (χ4n) is 3.24. The Kier molecular flexibility index (Phi) is 5.94. The summed E-state index contributed by atoms with van der Waals surface area (Å²) in [6.45, 7) is 3.79. The van der Waals surface area contributed by atoms with Crippen LogP contribution in [0.4, 0.5) is 5.69 Å². The lowest BCUT2D eigenvalue weighted by Gasteiger charge is -2.16. The molecule has 1 heterocycles. The van der Waals surface area contributed by atoms with Crippen molar-refractivity contribution in [1.82, 2.24) is 4.98 Å². The van der Waals surface area contributed by atoms with Gasteiger partial charge in [-0.1, -0.05) is 18.2 Å². The highest BCUT2D eigenvalue weighted by molar-refractivity contribution is 7.92. The number of aryl methyl sites for hydroxylation is 2. The first-order valence-corrected chi connectivity index (χ1v) is 10.5. The van der Waals surface area contributed by atoms with E-state index < -0.39 is 10.0 Å². The van der Waals surface area contributed by atoms with Crippen LogP contribution in [0.1, 0.15) is 16.7 Å². The Labute approximate surface area is 176 Å². The number of sulfonamides is 1. The molecule has 0 amide bonds. The monoisotopic (exact) mass is 423 g/mol. The van der Waals surface area contributed by atoms with E-state index in [-0.39, 0.29) is 22.0 Å². The Balaban J connectivity index is 2.22. The number of ether oxygens (including phenoxy) is 2. The van der Waals surface area contributed by atoms with Crippen LogP contribution < -0.4 is 14.2 Å². The first kappa shape index (κ1) is 21.1. The van der Waals surface area contributed by atoms with Crippen molar-refractivity contribution in [3.63, 3.8) is 0 Å². The number of anilines is 1. The lowest BCUT2D eigenvalue weighted by molar-refractivity contribution is 0.397. The van der Waals surface area contributed by atoms with Crippen molar-refractivity contribution in [1.29, 1.82) is 5.26 Å². The van der Waals surface area contributed by atoms with Crippen molar-refractivity contribution in [2.24, 2.45) is 0 Å². The molecule has 0 aliphatic heterocycles. The van der Waals surface area contributed by atoms with Gasteiger partial charge in [-0.15, -0.1) is 0 Å². The number of hydrogen-bond donors (Lipinski definition) is 1. The summed E-state index contributed by atoms with van der Waals surface area (Å²) in [6, 6.07) is 15.1. The molecule has 0 atom stereocenters. The van der Waals surface area contributed by atoms with Crippen LogP contribution in [-0.2, 0) is 10.0 Å². The molecular weight excluding hydrogens is 402 g/mol. The SMILES string of the molecule is COc1nc(-c2cc(C)c(OC)c(C)c2)c(NS(=O)(=O)c2ccccc2)cc1C#N. The lowest BCUT2D eigenvalue weighted by Crippen LogP contribution is -2.14. The van der Waals surface area contributed by atoms with Crippen molar-refractivity contribution < 1.29 is 17.9 Å². The van der Waals surface area contributed by atoms with Gasteiger partial charge in [0, 0.05) is 5.56 Å². The van der Waals surface area contributed by atoms with Crippen LogP contribution in [0.3, 0.4) is 0 Å². The maximum atomic E-state index is 12.9. The number of nitrogens with one attached hydrogen (secondary N) is 1. The Bertz CT molecular complexity index is 1210. The van der Waals surface area contributed by atoms with E-state index >= 15 is 0 Å². The summed E-state index contributed by atoms with van der Waals surface area (Å²) in [5, 5.41) is 9.44. The molecule has 0 fully saturated rings. The zero-order chi connectivity index (χ0) is 21.9. The molecule has 0 saturated heterocycles.